The molecule has 0 heterocycles. The molecule has 0 saturated heterocycles. The molecule has 0 aliphatic carbocycles. The summed E-state index contributed by atoms with van der Waals surface area (Å²) in [7, 11) is 9.45. The van der Waals surface area contributed by atoms with E-state index in [1.807, 2.05) is 0 Å². The fourth-order valence-electron chi connectivity index (χ4n) is 3.37. The summed E-state index contributed by atoms with van der Waals surface area (Å²) in [5.41, 5.74) is 0. The van der Waals surface area contributed by atoms with E-state index in [-0.39, 0.29) is 0 Å². The van der Waals surface area contributed by atoms with Gasteiger partial charge >= 0.3 is 0 Å². The quantitative estimate of drug-likeness (QED) is 0.697. The molecule has 0 bridgehead atoms. The molecule has 0 aliphatic rings. The van der Waals surface area contributed by atoms with Crippen molar-refractivity contribution in [2.75, 3.05) is 42.3 Å². The fourth-order valence-corrected chi connectivity index (χ4v) is 30.3. The maximum Gasteiger partial charge on any atom is 0.122 e. The first-order valence-electron chi connectivity index (χ1n) is 7.22. The topological polar surface area (TPSA) is 9.72 Å². The molecule has 116 valence electrons. The van der Waals surface area contributed by atoms with Gasteiger partial charge in [0, 0.05) is 0 Å². The summed E-state index contributed by atoms with van der Waals surface area (Å²) < 4.78 is 7.69. The number of hydrogen-bond acceptors (Lipinski definition) is 3. The van der Waals surface area contributed by atoms with Crippen LogP contribution in [0.25, 0.3) is 0 Å². The van der Waals surface area contributed by atoms with Crippen molar-refractivity contribution in [2.24, 2.45) is 0 Å². The summed E-state index contributed by atoms with van der Waals surface area (Å²) in [5, 5.41) is 0. The van der Waals surface area contributed by atoms with Gasteiger partial charge in [0.2, 0.25) is 0 Å². The van der Waals surface area contributed by atoms with Gasteiger partial charge in [-0.2, -0.15) is 0 Å². The molecule has 0 spiro atoms. The minimum absolute atomic E-state index is 0.896. The molecule has 0 saturated carbocycles. The highest BCUT2D eigenvalue weighted by Crippen LogP contribution is 2.42. The zero-order valence-corrected chi connectivity index (χ0v) is 18.4. The van der Waals surface area contributed by atoms with Crippen LogP contribution in [0.2, 0.25) is 44.1 Å². The van der Waals surface area contributed by atoms with Crippen LogP contribution in [0.4, 0.5) is 0 Å². The van der Waals surface area contributed by atoms with Crippen molar-refractivity contribution < 1.29 is 0 Å². The predicted molar refractivity (Wildman–Crippen MR) is 97.3 cm³/mol. The summed E-state index contributed by atoms with van der Waals surface area (Å²) in [5.74, 6) is 0. The molecule has 0 unspecified atom stereocenters. The Morgan fingerprint density at radius 1 is 0.474 bits per heavy atom. The monoisotopic (exact) mass is 319 g/mol. The largest absolute Gasteiger partial charge is 0.329 e. The molecule has 6 heteroatoms. The Bertz CT molecular complexity index is 252. The van der Waals surface area contributed by atoms with Gasteiger partial charge in [-0.1, -0.05) is 39.3 Å². The summed E-state index contributed by atoms with van der Waals surface area (Å²) in [4.78, 5) is 0.896. The predicted octanol–water partition coefficient (Wildman–Crippen LogP) is 2.74. The lowest BCUT2D eigenvalue weighted by Crippen LogP contribution is -2.71. The smallest absolute Gasteiger partial charge is 0.122 e. The SMILES string of the molecule is CN(C)[Si](C)(C)C([Si](C)(C)N(C)C)[Si](C)(C)N(C)C. The van der Waals surface area contributed by atoms with Crippen LogP contribution in [0.5, 0.6) is 0 Å². The van der Waals surface area contributed by atoms with Crippen molar-refractivity contribution in [3.63, 3.8) is 0 Å². The molecule has 0 aromatic carbocycles. The second-order valence-corrected chi connectivity index (χ2v) is 24.1. The van der Waals surface area contributed by atoms with E-state index in [4.69, 9.17) is 0 Å². The second kappa shape index (κ2) is 6.11. The first-order valence-corrected chi connectivity index (χ1v) is 16.3. The van der Waals surface area contributed by atoms with Gasteiger partial charge < -0.3 is 13.7 Å². The zero-order chi connectivity index (χ0) is 15.8. The van der Waals surface area contributed by atoms with E-state index < -0.39 is 24.7 Å². The number of hydrogen-bond donors (Lipinski definition) is 0. The highest BCUT2D eigenvalue weighted by Gasteiger charge is 2.55. The van der Waals surface area contributed by atoms with Gasteiger partial charge in [0.25, 0.3) is 0 Å². The molecular weight excluding hydrogens is 282 g/mol. The van der Waals surface area contributed by atoms with E-state index in [0.29, 0.717) is 0 Å². The van der Waals surface area contributed by atoms with Crippen molar-refractivity contribution in [2.45, 2.75) is 44.1 Å². The Hall–Kier alpha value is 0.531. The van der Waals surface area contributed by atoms with Crippen LogP contribution in [0.15, 0.2) is 0 Å². The van der Waals surface area contributed by atoms with Gasteiger partial charge in [0.1, 0.15) is 24.7 Å². The van der Waals surface area contributed by atoms with E-state index in [9.17, 15) is 0 Å². The average molecular weight is 320 g/mol. The molecular formula is C13H37N3Si3. The molecule has 0 fully saturated rings. The summed E-state index contributed by atoms with van der Waals surface area (Å²) in [6.45, 7) is 15.4. The van der Waals surface area contributed by atoms with Crippen LogP contribution >= 0.6 is 0 Å². The molecule has 3 nitrogen and oxygen atoms in total. The lowest BCUT2D eigenvalue weighted by atomic mass is 11.3. The third-order valence-corrected chi connectivity index (χ3v) is 29.4. The Kier molecular flexibility index (Phi) is 6.28. The number of rotatable bonds is 6. The van der Waals surface area contributed by atoms with E-state index in [0.717, 1.165) is 4.79 Å². The van der Waals surface area contributed by atoms with Gasteiger partial charge in [-0.05, 0) is 47.1 Å². The Morgan fingerprint density at radius 3 is 0.737 bits per heavy atom. The lowest BCUT2D eigenvalue weighted by molar-refractivity contribution is 0.571. The standard InChI is InChI=1S/C13H37N3Si3/c1-14(2)17(7,8)13(18(9,10)15(3)4)19(11,12)16(5)6/h13H,1-12H3. The Labute approximate surface area is 125 Å². The van der Waals surface area contributed by atoms with Crippen LogP contribution in [0.3, 0.4) is 0 Å². The normalized spacial score (nSPS) is 15.2. The first-order chi connectivity index (χ1) is 8.20. The Morgan fingerprint density at radius 2 is 0.632 bits per heavy atom. The van der Waals surface area contributed by atoms with Crippen LogP contribution in [0, 0.1) is 0 Å². The molecule has 0 N–H and O–H groups in total. The van der Waals surface area contributed by atoms with E-state index >= 15 is 0 Å². The molecule has 0 aromatic heterocycles. The maximum absolute atomic E-state index is 2.56. The molecule has 19 heavy (non-hydrogen) atoms. The Balaban J connectivity index is 5.93. The third kappa shape index (κ3) is 3.79. The van der Waals surface area contributed by atoms with E-state index in [1.165, 1.54) is 0 Å². The van der Waals surface area contributed by atoms with Gasteiger partial charge in [-0.25, -0.2) is 0 Å². The minimum atomic E-state index is -1.43. The first kappa shape index (κ1) is 19.5. The average Bonchev–Trinajstić information content (AvgIpc) is 2.14. The molecule has 0 aliphatic heterocycles. The van der Waals surface area contributed by atoms with Crippen LogP contribution in [-0.2, 0) is 0 Å². The third-order valence-electron chi connectivity index (χ3n) is 5.58. The highest BCUT2D eigenvalue weighted by atomic mass is 28.5. The highest BCUT2D eigenvalue weighted by molar-refractivity contribution is 7.10. The summed E-state index contributed by atoms with van der Waals surface area (Å²) in [6.07, 6.45) is 0. The van der Waals surface area contributed by atoms with E-state index in [2.05, 4.69) is 95.3 Å². The van der Waals surface area contributed by atoms with Gasteiger partial charge in [0.05, 0.1) is 0 Å². The lowest BCUT2D eigenvalue weighted by Gasteiger charge is -2.55. The summed E-state index contributed by atoms with van der Waals surface area (Å²) >= 11 is 0. The molecule has 0 aromatic rings. The maximum atomic E-state index is 2.56. The van der Waals surface area contributed by atoms with Gasteiger partial charge in [-0.3, -0.25) is 0 Å². The molecule has 0 rings (SSSR count). The van der Waals surface area contributed by atoms with Crippen LogP contribution in [-0.4, -0.2) is 80.7 Å². The zero-order valence-electron chi connectivity index (χ0n) is 15.4. The fraction of sp³-hybridized carbons (Fsp3) is 1.00. The van der Waals surface area contributed by atoms with Crippen molar-refractivity contribution in [3.05, 3.63) is 0 Å². The van der Waals surface area contributed by atoms with Gasteiger partial charge in [0.15, 0.2) is 0 Å². The van der Waals surface area contributed by atoms with Crippen molar-refractivity contribution in [3.8, 4) is 0 Å². The van der Waals surface area contributed by atoms with Crippen molar-refractivity contribution >= 4 is 24.7 Å². The molecule has 0 atom stereocenters. The van der Waals surface area contributed by atoms with Crippen LogP contribution < -0.4 is 0 Å². The van der Waals surface area contributed by atoms with Crippen molar-refractivity contribution in [1.29, 1.82) is 0 Å². The van der Waals surface area contributed by atoms with Crippen LogP contribution in [0.1, 0.15) is 0 Å². The molecule has 0 amide bonds. The minimum Gasteiger partial charge on any atom is -0.329 e. The van der Waals surface area contributed by atoms with E-state index in [1.54, 1.807) is 0 Å². The number of nitrogens with zero attached hydrogens (tertiary/aromatic N) is 3. The summed E-state index contributed by atoms with van der Waals surface area (Å²) in [6, 6.07) is 0. The second-order valence-electron chi connectivity index (χ2n) is 8.08. The van der Waals surface area contributed by atoms with Crippen molar-refractivity contribution in [1.82, 2.24) is 13.7 Å². The van der Waals surface area contributed by atoms with Gasteiger partial charge in [-0.15, -0.1) is 0 Å². The molecule has 0 radical (unpaired) electrons.